The van der Waals surface area contributed by atoms with Gasteiger partial charge in [-0.25, -0.2) is 9.97 Å². The Morgan fingerprint density at radius 1 is 1.06 bits per heavy atom. The average molecular weight is 479 g/mol. The standard InChI is InChI=1S/C25H26N4O2S2/c1-25(2,3)20-16-33-24(27-20)28-22(31)19-15-32-23(26-19)18-11-13-29(14-12-18)21(30)10-9-17-7-5-4-6-8-17/h4-8,15-16,18H,11-14H2,1-3H3,(H,27,28,31). The molecule has 1 saturated heterocycles. The zero-order chi connectivity index (χ0) is 23.4. The van der Waals surface area contributed by atoms with Crippen molar-refractivity contribution in [2.75, 3.05) is 18.4 Å². The maximum Gasteiger partial charge on any atom is 0.298 e. The van der Waals surface area contributed by atoms with Gasteiger partial charge in [0, 0.05) is 46.7 Å². The number of hydrogen-bond donors (Lipinski definition) is 1. The van der Waals surface area contributed by atoms with Gasteiger partial charge in [-0.3, -0.25) is 14.9 Å². The first-order chi connectivity index (χ1) is 15.8. The summed E-state index contributed by atoms with van der Waals surface area (Å²) < 4.78 is 0. The van der Waals surface area contributed by atoms with Crippen molar-refractivity contribution in [3.63, 3.8) is 0 Å². The van der Waals surface area contributed by atoms with Crippen molar-refractivity contribution in [1.29, 1.82) is 0 Å². The van der Waals surface area contributed by atoms with Crippen molar-refractivity contribution in [2.45, 2.75) is 44.9 Å². The van der Waals surface area contributed by atoms with Crippen LogP contribution in [0.25, 0.3) is 0 Å². The second kappa shape index (κ2) is 9.86. The minimum absolute atomic E-state index is 0.0589. The second-order valence-corrected chi connectivity index (χ2v) is 10.7. The lowest BCUT2D eigenvalue weighted by Gasteiger charge is -2.29. The summed E-state index contributed by atoms with van der Waals surface area (Å²) >= 11 is 2.92. The average Bonchev–Trinajstić information content (AvgIpc) is 3.48. The molecule has 1 aliphatic heterocycles. The van der Waals surface area contributed by atoms with Crippen LogP contribution in [0, 0.1) is 11.8 Å². The van der Waals surface area contributed by atoms with Gasteiger partial charge in [0.25, 0.3) is 11.8 Å². The first-order valence-electron chi connectivity index (χ1n) is 10.9. The highest BCUT2D eigenvalue weighted by Crippen LogP contribution is 2.31. The quantitative estimate of drug-likeness (QED) is 0.543. The molecule has 6 nitrogen and oxygen atoms in total. The number of anilines is 1. The molecule has 0 radical (unpaired) electrons. The lowest BCUT2D eigenvalue weighted by molar-refractivity contribution is -0.126. The Morgan fingerprint density at radius 2 is 1.79 bits per heavy atom. The van der Waals surface area contributed by atoms with Crippen LogP contribution < -0.4 is 5.32 Å². The van der Waals surface area contributed by atoms with Crippen molar-refractivity contribution in [1.82, 2.24) is 14.9 Å². The van der Waals surface area contributed by atoms with Gasteiger partial charge in [0.2, 0.25) is 0 Å². The summed E-state index contributed by atoms with van der Waals surface area (Å²) in [7, 11) is 0. The Balaban J connectivity index is 1.31. The topological polar surface area (TPSA) is 75.2 Å². The van der Waals surface area contributed by atoms with Crippen LogP contribution in [0.15, 0.2) is 41.1 Å². The van der Waals surface area contributed by atoms with E-state index in [-0.39, 0.29) is 23.1 Å². The van der Waals surface area contributed by atoms with Crippen LogP contribution >= 0.6 is 22.7 Å². The molecule has 0 aliphatic carbocycles. The fourth-order valence-corrected chi connectivity index (χ4v) is 5.38. The summed E-state index contributed by atoms with van der Waals surface area (Å²) in [6.45, 7) is 7.56. The molecule has 0 saturated carbocycles. The van der Waals surface area contributed by atoms with E-state index in [2.05, 4.69) is 47.9 Å². The number of likely N-dealkylation sites (tertiary alicyclic amines) is 1. The molecular weight excluding hydrogens is 452 g/mol. The molecule has 3 heterocycles. The van der Waals surface area contributed by atoms with Crippen LogP contribution in [0.2, 0.25) is 0 Å². The number of nitrogens with zero attached hydrogens (tertiary/aromatic N) is 3. The number of thiazole rings is 2. The summed E-state index contributed by atoms with van der Waals surface area (Å²) in [4.78, 5) is 36.0. The molecule has 4 rings (SSSR count). The summed E-state index contributed by atoms with van der Waals surface area (Å²) in [6.07, 6.45) is 1.63. The van der Waals surface area contributed by atoms with Crippen molar-refractivity contribution < 1.29 is 9.59 Å². The largest absolute Gasteiger partial charge is 0.332 e. The van der Waals surface area contributed by atoms with E-state index in [1.165, 1.54) is 22.7 Å². The highest BCUT2D eigenvalue weighted by molar-refractivity contribution is 7.14. The lowest BCUT2D eigenvalue weighted by atomic mass is 9.93. The Kier molecular flexibility index (Phi) is 6.91. The molecule has 8 heteroatoms. The predicted molar refractivity (Wildman–Crippen MR) is 133 cm³/mol. The highest BCUT2D eigenvalue weighted by Gasteiger charge is 2.26. The van der Waals surface area contributed by atoms with Crippen LogP contribution in [0.5, 0.6) is 0 Å². The van der Waals surface area contributed by atoms with Crippen LogP contribution in [-0.4, -0.2) is 39.8 Å². The number of rotatable bonds is 3. The highest BCUT2D eigenvalue weighted by atomic mass is 32.1. The molecule has 0 bridgehead atoms. The summed E-state index contributed by atoms with van der Waals surface area (Å²) in [5, 5.41) is 8.16. The minimum Gasteiger partial charge on any atom is -0.332 e. The molecule has 0 unspecified atom stereocenters. The molecule has 170 valence electrons. The van der Waals surface area contributed by atoms with E-state index in [1.807, 2.05) is 35.7 Å². The fourth-order valence-electron chi connectivity index (χ4n) is 3.47. The summed E-state index contributed by atoms with van der Waals surface area (Å²) in [5.74, 6) is 5.53. The molecule has 1 aliphatic rings. The second-order valence-electron chi connectivity index (χ2n) is 9.00. The predicted octanol–water partition coefficient (Wildman–Crippen LogP) is 4.91. The third kappa shape index (κ3) is 5.86. The van der Waals surface area contributed by atoms with E-state index in [4.69, 9.17) is 0 Å². The minimum atomic E-state index is -0.240. The monoisotopic (exact) mass is 478 g/mol. The number of piperidine rings is 1. The van der Waals surface area contributed by atoms with Crippen LogP contribution in [0.1, 0.15) is 66.3 Å². The van der Waals surface area contributed by atoms with Crippen molar-refractivity contribution in [2.24, 2.45) is 0 Å². The van der Waals surface area contributed by atoms with Gasteiger partial charge >= 0.3 is 0 Å². The number of carbonyl (C=O) groups excluding carboxylic acids is 2. The number of carbonyl (C=O) groups is 2. The zero-order valence-corrected chi connectivity index (χ0v) is 20.6. The fraction of sp³-hybridized carbons (Fsp3) is 0.360. The van der Waals surface area contributed by atoms with Gasteiger partial charge in [0.1, 0.15) is 5.69 Å². The molecule has 0 spiro atoms. The van der Waals surface area contributed by atoms with Crippen molar-refractivity contribution in [3.8, 4) is 11.8 Å². The van der Waals surface area contributed by atoms with Crippen LogP contribution in [0.3, 0.4) is 0 Å². The van der Waals surface area contributed by atoms with E-state index in [0.717, 1.165) is 29.1 Å². The number of amides is 2. The van der Waals surface area contributed by atoms with Gasteiger partial charge in [-0.1, -0.05) is 44.9 Å². The maximum absolute atomic E-state index is 12.6. The molecule has 1 fully saturated rings. The smallest absolute Gasteiger partial charge is 0.298 e. The molecule has 2 amide bonds. The zero-order valence-electron chi connectivity index (χ0n) is 18.9. The third-order valence-corrected chi connectivity index (χ3v) is 7.23. The normalized spacial score (nSPS) is 14.5. The van der Waals surface area contributed by atoms with Crippen molar-refractivity contribution >= 4 is 39.6 Å². The SMILES string of the molecule is CC(C)(C)c1csc(NC(=O)c2csc(C3CCN(C(=O)C#Cc4ccccc4)CC3)n2)n1. The van der Waals surface area contributed by atoms with Gasteiger partial charge in [0.15, 0.2) is 5.13 Å². The third-order valence-electron chi connectivity index (χ3n) is 5.47. The molecule has 3 aromatic rings. The van der Waals surface area contributed by atoms with Gasteiger partial charge in [-0.2, -0.15) is 0 Å². The lowest BCUT2D eigenvalue weighted by Crippen LogP contribution is -2.37. The molecule has 0 atom stereocenters. The Morgan fingerprint density at radius 3 is 2.45 bits per heavy atom. The van der Waals surface area contributed by atoms with Crippen molar-refractivity contribution in [3.05, 3.63) is 63.1 Å². The Bertz CT molecular complexity index is 1190. The van der Waals surface area contributed by atoms with Crippen LogP contribution in [-0.2, 0) is 10.2 Å². The molecule has 33 heavy (non-hydrogen) atoms. The summed E-state index contributed by atoms with van der Waals surface area (Å²) in [5.41, 5.74) is 2.14. The Hall–Kier alpha value is -3.02. The summed E-state index contributed by atoms with van der Waals surface area (Å²) in [6, 6.07) is 9.51. The van der Waals surface area contributed by atoms with E-state index >= 15 is 0 Å². The first kappa shape index (κ1) is 23.1. The number of hydrogen-bond acceptors (Lipinski definition) is 6. The van der Waals surface area contributed by atoms with Gasteiger partial charge in [-0.05, 0) is 25.0 Å². The van der Waals surface area contributed by atoms with E-state index in [9.17, 15) is 9.59 Å². The van der Waals surface area contributed by atoms with E-state index in [1.54, 1.807) is 10.3 Å². The first-order valence-corrected chi connectivity index (χ1v) is 12.6. The Labute approximate surface area is 202 Å². The molecule has 2 aromatic heterocycles. The molecular formula is C25H26N4O2S2. The number of nitrogens with one attached hydrogen (secondary N) is 1. The van der Waals surface area contributed by atoms with Crippen LogP contribution in [0.4, 0.5) is 5.13 Å². The van der Waals surface area contributed by atoms with Gasteiger partial charge in [-0.15, -0.1) is 22.7 Å². The molecule has 1 aromatic carbocycles. The van der Waals surface area contributed by atoms with E-state index < -0.39 is 0 Å². The van der Waals surface area contributed by atoms with Gasteiger partial charge in [0.05, 0.1) is 10.7 Å². The maximum atomic E-state index is 12.6. The van der Waals surface area contributed by atoms with Gasteiger partial charge < -0.3 is 4.90 Å². The molecule has 1 N–H and O–H groups in total. The number of aromatic nitrogens is 2. The van der Waals surface area contributed by atoms with E-state index in [0.29, 0.717) is 23.9 Å². The number of benzene rings is 1.